The number of nitrogens with zero attached hydrogens (tertiary/aromatic N) is 2. The van der Waals surface area contributed by atoms with Crippen molar-refractivity contribution in [2.75, 3.05) is 20.1 Å². The summed E-state index contributed by atoms with van der Waals surface area (Å²) in [6.07, 6.45) is 0. The summed E-state index contributed by atoms with van der Waals surface area (Å²) in [7, 11) is -2.11. The van der Waals surface area contributed by atoms with E-state index in [1.165, 1.54) is 12.1 Å². The van der Waals surface area contributed by atoms with Crippen LogP contribution in [-0.2, 0) is 15.0 Å². The molecule has 0 atom stereocenters. The fourth-order valence-electron chi connectivity index (χ4n) is 1.04. The largest absolute Gasteiger partial charge is 0.316 e. The normalized spacial score (nSPS) is 24.5. The van der Waals surface area contributed by atoms with Gasteiger partial charge in [0.05, 0.1) is 6.54 Å². The van der Waals surface area contributed by atoms with E-state index in [0.717, 1.165) is 4.31 Å². The van der Waals surface area contributed by atoms with Crippen LogP contribution in [0.3, 0.4) is 0 Å². The van der Waals surface area contributed by atoms with Crippen molar-refractivity contribution in [2.45, 2.75) is 6.92 Å². The smallest absolute Gasteiger partial charge is 0.272 e. The van der Waals surface area contributed by atoms with E-state index < -0.39 is 16.1 Å². The topological polar surface area (TPSA) is 69.7 Å². The molecule has 0 aromatic carbocycles. The Morgan fingerprint density at radius 1 is 1.58 bits per heavy atom. The molecule has 1 heterocycles. The number of nitrogens with one attached hydrogen (secondary N) is 1. The number of carbonyl (C=O) groups is 1. The quantitative estimate of drug-likeness (QED) is 0.552. The molecule has 70 valence electrons. The zero-order valence-electron chi connectivity index (χ0n) is 6.94. The number of hydrazine groups is 1. The van der Waals surface area contributed by atoms with Crippen LogP contribution >= 0.6 is 0 Å². The van der Waals surface area contributed by atoms with E-state index in [1.54, 1.807) is 6.92 Å². The molecule has 0 aliphatic carbocycles. The van der Waals surface area contributed by atoms with E-state index >= 15 is 0 Å². The lowest BCUT2D eigenvalue weighted by molar-refractivity contribution is -0.129. The predicted octanol–water partition coefficient (Wildman–Crippen LogP) is -1.47. The van der Waals surface area contributed by atoms with Gasteiger partial charge in [0, 0.05) is 13.6 Å². The van der Waals surface area contributed by atoms with Crippen LogP contribution in [0.25, 0.3) is 0 Å². The molecule has 6 nitrogen and oxygen atoms in total. The number of amides is 1. The molecule has 0 radical (unpaired) electrons. The van der Waals surface area contributed by atoms with E-state index in [9.17, 15) is 13.2 Å². The van der Waals surface area contributed by atoms with Crippen LogP contribution in [0.2, 0.25) is 0 Å². The van der Waals surface area contributed by atoms with Crippen molar-refractivity contribution in [1.82, 2.24) is 14.1 Å². The highest BCUT2D eigenvalue weighted by Crippen LogP contribution is 2.04. The van der Waals surface area contributed by atoms with Gasteiger partial charge in [0.2, 0.25) is 0 Å². The van der Waals surface area contributed by atoms with Crippen LogP contribution < -0.4 is 4.83 Å². The van der Waals surface area contributed by atoms with Crippen molar-refractivity contribution in [3.63, 3.8) is 0 Å². The molecule has 1 saturated heterocycles. The van der Waals surface area contributed by atoms with Crippen LogP contribution in [0, 0.1) is 0 Å². The molecule has 1 N–H and O–H groups in total. The molecule has 0 unspecified atom stereocenters. The second-order valence-corrected chi connectivity index (χ2v) is 4.08. The van der Waals surface area contributed by atoms with Gasteiger partial charge in [-0.05, 0) is 6.92 Å². The number of hydrogen-bond acceptors (Lipinski definition) is 4. The molecule has 7 heteroatoms. The third-order valence-corrected chi connectivity index (χ3v) is 3.08. The minimum Gasteiger partial charge on any atom is -0.272 e. The van der Waals surface area contributed by atoms with Gasteiger partial charge in [0.25, 0.3) is 5.91 Å². The molecular weight excluding hydrogens is 182 g/mol. The second-order valence-electron chi connectivity index (χ2n) is 2.51. The van der Waals surface area contributed by atoms with Gasteiger partial charge in [-0.1, -0.05) is 0 Å². The summed E-state index contributed by atoms with van der Waals surface area (Å²) in [6.45, 7) is 1.86. The van der Waals surface area contributed by atoms with Gasteiger partial charge in [-0.15, -0.1) is 4.83 Å². The fourth-order valence-corrected chi connectivity index (χ4v) is 2.26. The average molecular weight is 193 g/mol. The molecule has 1 aliphatic heterocycles. The molecule has 1 aliphatic rings. The van der Waals surface area contributed by atoms with Crippen molar-refractivity contribution in [2.24, 2.45) is 0 Å². The molecule has 12 heavy (non-hydrogen) atoms. The number of rotatable bonds is 1. The van der Waals surface area contributed by atoms with Gasteiger partial charge in [-0.2, -0.15) is 8.42 Å². The molecule has 0 spiro atoms. The van der Waals surface area contributed by atoms with Gasteiger partial charge >= 0.3 is 10.2 Å². The number of hydrogen-bond donors (Lipinski definition) is 1. The van der Waals surface area contributed by atoms with Crippen LogP contribution in [0.5, 0.6) is 0 Å². The average Bonchev–Trinajstić information content (AvgIpc) is 1.82. The summed E-state index contributed by atoms with van der Waals surface area (Å²) >= 11 is 0. The highest BCUT2D eigenvalue weighted by molar-refractivity contribution is 7.87. The van der Waals surface area contributed by atoms with Gasteiger partial charge in [-0.3, -0.25) is 4.79 Å². The first-order valence-electron chi connectivity index (χ1n) is 3.51. The Morgan fingerprint density at radius 2 is 2.17 bits per heavy atom. The van der Waals surface area contributed by atoms with Crippen LogP contribution in [0.15, 0.2) is 0 Å². The molecule has 1 rings (SSSR count). The van der Waals surface area contributed by atoms with Gasteiger partial charge < -0.3 is 0 Å². The van der Waals surface area contributed by atoms with Crippen molar-refractivity contribution < 1.29 is 13.2 Å². The Hall–Kier alpha value is -0.660. The van der Waals surface area contributed by atoms with Gasteiger partial charge in [0.1, 0.15) is 0 Å². The zero-order chi connectivity index (χ0) is 9.35. The summed E-state index contributed by atoms with van der Waals surface area (Å²) in [4.78, 5) is 13.3. The third kappa shape index (κ3) is 1.57. The standard InChI is InChI=1S/C5H11N3O3S/c1-3-8-5(9)4-7(2)6-12(8,10)11/h6H,3-4H2,1-2H3. The highest BCUT2D eigenvalue weighted by atomic mass is 32.2. The number of carbonyl (C=O) groups excluding carboxylic acids is 1. The van der Waals surface area contributed by atoms with Crippen molar-refractivity contribution in [3.05, 3.63) is 0 Å². The van der Waals surface area contributed by atoms with E-state index in [4.69, 9.17) is 0 Å². The van der Waals surface area contributed by atoms with Gasteiger partial charge in [0.15, 0.2) is 0 Å². The molecule has 1 fully saturated rings. The molecule has 0 saturated carbocycles. The zero-order valence-corrected chi connectivity index (χ0v) is 7.76. The minimum atomic E-state index is -3.61. The summed E-state index contributed by atoms with van der Waals surface area (Å²) in [5.74, 6) is -0.404. The maximum Gasteiger partial charge on any atom is 0.316 e. The van der Waals surface area contributed by atoms with E-state index in [2.05, 4.69) is 4.83 Å². The van der Waals surface area contributed by atoms with Gasteiger partial charge in [-0.25, -0.2) is 9.31 Å². The first kappa shape index (κ1) is 9.43. The molecule has 0 bridgehead atoms. The summed E-state index contributed by atoms with van der Waals surface area (Å²) < 4.78 is 23.2. The first-order valence-corrected chi connectivity index (χ1v) is 4.95. The van der Waals surface area contributed by atoms with Crippen molar-refractivity contribution >= 4 is 16.1 Å². The van der Waals surface area contributed by atoms with E-state index in [-0.39, 0.29) is 13.1 Å². The van der Waals surface area contributed by atoms with Crippen LogP contribution in [0.1, 0.15) is 6.92 Å². The minimum absolute atomic E-state index is 0.0765. The Labute approximate surface area is 71.3 Å². The Kier molecular flexibility index (Phi) is 2.36. The third-order valence-electron chi connectivity index (χ3n) is 1.50. The van der Waals surface area contributed by atoms with Crippen molar-refractivity contribution in [1.29, 1.82) is 0 Å². The monoisotopic (exact) mass is 193 g/mol. The predicted molar refractivity (Wildman–Crippen MR) is 42.1 cm³/mol. The first-order chi connectivity index (χ1) is 5.47. The van der Waals surface area contributed by atoms with Crippen LogP contribution in [-0.4, -0.2) is 43.8 Å². The SMILES string of the molecule is CCN1C(=O)CN(C)NS1(=O)=O. The maximum absolute atomic E-state index is 11.2. The van der Waals surface area contributed by atoms with Crippen LogP contribution in [0.4, 0.5) is 0 Å². The molecule has 0 aromatic heterocycles. The summed E-state index contributed by atoms with van der Waals surface area (Å²) in [5, 5.41) is 1.24. The Bertz CT molecular complexity index is 286. The maximum atomic E-state index is 11.2. The lowest BCUT2D eigenvalue weighted by atomic mass is 10.5. The van der Waals surface area contributed by atoms with E-state index in [1.807, 2.05) is 0 Å². The Balaban J connectivity index is 2.94. The lowest BCUT2D eigenvalue weighted by Gasteiger charge is -2.30. The summed E-state index contributed by atoms with van der Waals surface area (Å²) in [5.41, 5.74) is 0. The second kappa shape index (κ2) is 3.00. The fraction of sp³-hybridized carbons (Fsp3) is 0.800. The van der Waals surface area contributed by atoms with E-state index in [0.29, 0.717) is 0 Å². The lowest BCUT2D eigenvalue weighted by Crippen LogP contribution is -2.58. The number of likely N-dealkylation sites (N-methyl/N-ethyl adjacent to an activating group) is 2. The van der Waals surface area contributed by atoms with Crippen molar-refractivity contribution in [3.8, 4) is 0 Å². The summed E-state index contributed by atoms with van der Waals surface area (Å²) in [6, 6.07) is 0. The molecule has 1 amide bonds. The molecule has 0 aromatic rings. The molecular formula is C5H11N3O3S. The highest BCUT2D eigenvalue weighted by Gasteiger charge is 2.32. The Morgan fingerprint density at radius 3 is 2.58 bits per heavy atom.